The van der Waals surface area contributed by atoms with Gasteiger partial charge in [-0.25, -0.2) is 0 Å². The molecule has 1 heteroatoms. The Bertz CT molecular complexity index is 324. The largest absolute Gasteiger partial charge is 0.331 e. The number of nitrogens with zero attached hydrogens (tertiary/aromatic N) is 1. The number of rotatable bonds is 14. The molecule has 0 aromatic carbocycles. The zero-order valence-electron chi connectivity index (χ0n) is 14.1. The zero-order chi connectivity index (χ0) is 15.0. The van der Waals surface area contributed by atoms with Crippen molar-refractivity contribution in [1.29, 1.82) is 0 Å². The van der Waals surface area contributed by atoms with Gasteiger partial charge in [-0.1, -0.05) is 83.6 Å². The second-order valence-electron chi connectivity index (χ2n) is 6.19. The van der Waals surface area contributed by atoms with Gasteiger partial charge in [0.1, 0.15) is 0 Å². The Balaban J connectivity index is 1.75. The molecule has 0 aliphatic heterocycles. The number of hydrogen-bond donors (Lipinski definition) is 0. The van der Waals surface area contributed by atoms with Crippen LogP contribution in [0.3, 0.4) is 0 Å². The van der Waals surface area contributed by atoms with Crippen LogP contribution < -0.4 is 0 Å². The normalized spacial score (nSPS) is 11.5. The van der Waals surface area contributed by atoms with Crippen LogP contribution in [0.25, 0.3) is 6.20 Å². The molecule has 0 aliphatic carbocycles. The average Bonchev–Trinajstić information content (AvgIpc) is 3.01. The molecular formula is C20H35N. The Morgan fingerprint density at radius 3 is 1.67 bits per heavy atom. The molecule has 1 rings (SSSR count). The number of unbranched alkanes of at least 4 members (excludes halogenated alkanes) is 12. The topological polar surface area (TPSA) is 4.93 Å². The summed E-state index contributed by atoms with van der Waals surface area (Å²) in [4.78, 5) is 0. The molecular weight excluding hydrogens is 254 g/mol. The molecule has 0 unspecified atom stereocenters. The highest BCUT2D eigenvalue weighted by Crippen LogP contribution is 2.12. The third-order valence-corrected chi connectivity index (χ3v) is 4.13. The fourth-order valence-electron chi connectivity index (χ4n) is 2.75. The summed E-state index contributed by atoms with van der Waals surface area (Å²) in [6, 6.07) is 4.13. The molecule has 0 aliphatic rings. The number of allylic oxidation sites excluding steroid dienone is 1. The zero-order valence-corrected chi connectivity index (χ0v) is 14.1. The van der Waals surface area contributed by atoms with Gasteiger partial charge in [-0.2, -0.15) is 0 Å². The first kappa shape index (κ1) is 18.1. The third kappa shape index (κ3) is 11.4. The van der Waals surface area contributed by atoms with E-state index >= 15 is 0 Å². The van der Waals surface area contributed by atoms with Crippen molar-refractivity contribution in [2.24, 2.45) is 0 Å². The molecule has 0 amide bonds. The molecule has 1 aromatic rings. The van der Waals surface area contributed by atoms with Crippen LogP contribution in [0.1, 0.15) is 90.4 Å². The van der Waals surface area contributed by atoms with Gasteiger partial charge in [0.15, 0.2) is 0 Å². The first-order valence-electron chi connectivity index (χ1n) is 9.22. The van der Waals surface area contributed by atoms with Gasteiger partial charge in [0, 0.05) is 18.6 Å². The molecule has 0 radical (unpaired) electrons. The van der Waals surface area contributed by atoms with E-state index in [1.807, 2.05) is 0 Å². The van der Waals surface area contributed by atoms with E-state index in [9.17, 15) is 0 Å². The van der Waals surface area contributed by atoms with Crippen LogP contribution in [0, 0.1) is 0 Å². The lowest BCUT2D eigenvalue weighted by atomic mass is 10.0. The maximum absolute atomic E-state index is 2.29. The van der Waals surface area contributed by atoms with Gasteiger partial charge >= 0.3 is 0 Å². The van der Waals surface area contributed by atoms with E-state index < -0.39 is 0 Å². The standard InChI is InChI=1S/C20H35N/c1-2-3-4-5-6-7-8-9-10-11-12-13-14-15-18-21-19-16-17-20-21/h15-20H,2-14H2,1H3. The summed E-state index contributed by atoms with van der Waals surface area (Å²) in [7, 11) is 0. The minimum atomic E-state index is 1.22. The molecule has 120 valence electrons. The van der Waals surface area contributed by atoms with Gasteiger partial charge in [0.05, 0.1) is 0 Å². The summed E-state index contributed by atoms with van der Waals surface area (Å²) in [5.41, 5.74) is 0. The fourth-order valence-corrected chi connectivity index (χ4v) is 2.75. The van der Waals surface area contributed by atoms with Crippen molar-refractivity contribution in [1.82, 2.24) is 4.57 Å². The predicted molar refractivity (Wildman–Crippen MR) is 95.5 cm³/mol. The van der Waals surface area contributed by atoms with Crippen LogP contribution in [0.2, 0.25) is 0 Å². The van der Waals surface area contributed by atoms with Crippen molar-refractivity contribution in [2.75, 3.05) is 0 Å². The van der Waals surface area contributed by atoms with E-state index in [1.54, 1.807) is 0 Å². The summed E-state index contributed by atoms with van der Waals surface area (Å²) in [6.07, 6.45) is 27.0. The van der Waals surface area contributed by atoms with Crippen LogP contribution in [0.4, 0.5) is 0 Å². The summed E-state index contributed by atoms with van der Waals surface area (Å²) < 4.78 is 2.11. The van der Waals surface area contributed by atoms with Crippen LogP contribution >= 0.6 is 0 Å². The van der Waals surface area contributed by atoms with Gasteiger partial charge in [-0.3, -0.25) is 0 Å². The Morgan fingerprint density at radius 1 is 0.667 bits per heavy atom. The Hall–Kier alpha value is -0.980. The van der Waals surface area contributed by atoms with E-state index in [0.717, 1.165) is 0 Å². The quantitative estimate of drug-likeness (QED) is 0.323. The maximum atomic E-state index is 2.29. The van der Waals surface area contributed by atoms with Crippen molar-refractivity contribution in [3.8, 4) is 0 Å². The summed E-state index contributed by atoms with van der Waals surface area (Å²) >= 11 is 0. The first-order valence-corrected chi connectivity index (χ1v) is 9.22. The van der Waals surface area contributed by atoms with E-state index in [1.165, 1.54) is 83.5 Å². The highest BCUT2D eigenvalue weighted by atomic mass is 14.9. The van der Waals surface area contributed by atoms with Crippen LogP contribution in [-0.2, 0) is 0 Å². The lowest BCUT2D eigenvalue weighted by molar-refractivity contribution is 0.545. The SMILES string of the molecule is CCCCCCCCCCCCCCC=Cn1cccc1. The Kier molecular flexibility index (Phi) is 12.0. The summed E-state index contributed by atoms with van der Waals surface area (Å²) in [6.45, 7) is 2.29. The minimum absolute atomic E-state index is 1.22. The molecule has 0 N–H and O–H groups in total. The van der Waals surface area contributed by atoms with Crippen LogP contribution in [0.5, 0.6) is 0 Å². The first-order chi connectivity index (χ1) is 10.4. The second-order valence-corrected chi connectivity index (χ2v) is 6.19. The van der Waals surface area contributed by atoms with Crippen LogP contribution in [-0.4, -0.2) is 4.57 Å². The maximum Gasteiger partial charge on any atom is 0.00823 e. The van der Waals surface area contributed by atoms with Crippen molar-refractivity contribution in [2.45, 2.75) is 90.4 Å². The predicted octanol–water partition coefficient (Wildman–Crippen LogP) is 7.05. The van der Waals surface area contributed by atoms with Gasteiger partial charge in [-0.05, 0) is 25.0 Å². The summed E-state index contributed by atoms with van der Waals surface area (Å²) in [5, 5.41) is 0. The monoisotopic (exact) mass is 289 g/mol. The average molecular weight is 290 g/mol. The molecule has 0 fully saturated rings. The van der Waals surface area contributed by atoms with E-state index in [2.05, 4.69) is 48.3 Å². The molecule has 1 aromatic heterocycles. The molecule has 0 saturated heterocycles. The van der Waals surface area contributed by atoms with Crippen molar-refractivity contribution in [3.05, 3.63) is 30.6 Å². The fraction of sp³-hybridized carbons (Fsp3) is 0.700. The number of hydrogen-bond acceptors (Lipinski definition) is 0. The van der Waals surface area contributed by atoms with Gasteiger partial charge in [0.2, 0.25) is 0 Å². The van der Waals surface area contributed by atoms with E-state index in [0.29, 0.717) is 0 Å². The van der Waals surface area contributed by atoms with Gasteiger partial charge in [-0.15, -0.1) is 0 Å². The van der Waals surface area contributed by atoms with Crippen molar-refractivity contribution in [3.63, 3.8) is 0 Å². The molecule has 1 nitrogen and oxygen atoms in total. The second kappa shape index (κ2) is 14.0. The molecule has 0 atom stereocenters. The Morgan fingerprint density at radius 2 is 1.14 bits per heavy atom. The van der Waals surface area contributed by atoms with Crippen LogP contribution in [0.15, 0.2) is 30.6 Å². The van der Waals surface area contributed by atoms with E-state index in [4.69, 9.17) is 0 Å². The van der Waals surface area contributed by atoms with E-state index in [-0.39, 0.29) is 0 Å². The van der Waals surface area contributed by atoms with Crippen molar-refractivity contribution < 1.29 is 0 Å². The highest BCUT2D eigenvalue weighted by molar-refractivity contribution is 5.22. The molecule has 0 bridgehead atoms. The lowest BCUT2D eigenvalue weighted by Gasteiger charge is -2.02. The molecule has 1 heterocycles. The van der Waals surface area contributed by atoms with Gasteiger partial charge < -0.3 is 4.57 Å². The molecule has 21 heavy (non-hydrogen) atoms. The smallest absolute Gasteiger partial charge is 0.00823 e. The molecule has 0 spiro atoms. The van der Waals surface area contributed by atoms with Crippen molar-refractivity contribution >= 4 is 6.20 Å². The third-order valence-electron chi connectivity index (χ3n) is 4.13. The molecule has 0 saturated carbocycles. The highest BCUT2D eigenvalue weighted by Gasteiger charge is 1.92. The lowest BCUT2D eigenvalue weighted by Crippen LogP contribution is -1.82. The van der Waals surface area contributed by atoms with Gasteiger partial charge in [0.25, 0.3) is 0 Å². The minimum Gasteiger partial charge on any atom is -0.331 e. The number of aromatic nitrogens is 1. The summed E-state index contributed by atoms with van der Waals surface area (Å²) in [5.74, 6) is 0. The Labute approximate surface area is 132 Å².